The number of nitrogens with one attached hydrogen (secondary N) is 1. The Morgan fingerprint density at radius 3 is 2.48 bits per heavy atom. The normalized spacial score (nSPS) is 12.9. The Morgan fingerprint density at radius 1 is 1.11 bits per heavy atom. The van der Waals surface area contributed by atoms with Gasteiger partial charge >= 0.3 is 0 Å². The Kier molecular flexibility index (Phi) is 5.32. The quantitative estimate of drug-likeness (QED) is 0.697. The lowest BCUT2D eigenvalue weighted by Gasteiger charge is -2.26. The molecule has 0 radical (unpaired) electrons. The van der Waals surface area contributed by atoms with Crippen molar-refractivity contribution in [1.82, 2.24) is 24.4 Å². The lowest BCUT2D eigenvalue weighted by molar-refractivity contribution is 0.344. The molecule has 7 nitrogen and oxygen atoms in total. The van der Waals surface area contributed by atoms with E-state index in [4.69, 9.17) is 5.73 Å². The SMILES string of the molecule is Cc1cc2nc(N)n(-c3cc(N[C@H](CN(C)C)C(C)C)ncn3)c2cc1C. The van der Waals surface area contributed by atoms with E-state index in [1.807, 2.05) is 10.6 Å². The first kappa shape index (κ1) is 19.1. The first-order valence-corrected chi connectivity index (χ1v) is 9.25. The fourth-order valence-corrected chi connectivity index (χ4v) is 3.15. The molecule has 1 aromatic carbocycles. The number of anilines is 2. The van der Waals surface area contributed by atoms with Gasteiger partial charge in [-0.3, -0.25) is 4.57 Å². The predicted octanol–water partition coefficient (Wildman–Crippen LogP) is 3.01. The van der Waals surface area contributed by atoms with Gasteiger partial charge in [-0.2, -0.15) is 0 Å². The van der Waals surface area contributed by atoms with Crippen molar-refractivity contribution in [3.63, 3.8) is 0 Å². The second kappa shape index (κ2) is 7.52. The van der Waals surface area contributed by atoms with Gasteiger partial charge in [0, 0.05) is 18.7 Å². The van der Waals surface area contributed by atoms with E-state index >= 15 is 0 Å². The second-order valence-corrected chi connectivity index (χ2v) is 7.75. The monoisotopic (exact) mass is 367 g/mol. The molecular formula is C20H29N7. The van der Waals surface area contributed by atoms with Gasteiger partial charge in [0.1, 0.15) is 18.0 Å². The van der Waals surface area contributed by atoms with Crippen molar-refractivity contribution in [2.75, 3.05) is 31.7 Å². The molecule has 2 aromatic heterocycles. The van der Waals surface area contributed by atoms with Crippen LogP contribution in [0.5, 0.6) is 0 Å². The zero-order valence-electron chi connectivity index (χ0n) is 17.0. The molecule has 0 spiro atoms. The molecule has 3 N–H and O–H groups in total. The van der Waals surface area contributed by atoms with Crippen molar-refractivity contribution < 1.29 is 0 Å². The molecule has 0 saturated carbocycles. The van der Waals surface area contributed by atoms with Gasteiger partial charge < -0.3 is 16.0 Å². The molecule has 0 aliphatic rings. The standard InChI is InChI=1S/C20H29N7/c1-12(2)16(10-26(5)6)24-18-9-19(23-11-22-18)27-17-8-14(4)13(3)7-15(17)25-20(27)21/h7-9,11-12,16H,10H2,1-6H3,(H2,21,25)(H,22,23,24)/t16-/m1/s1. The molecule has 1 atom stereocenters. The van der Waals surface area contributed by atoms with E-state index in [-0.39, 0.29) is 6.04 Å². The van der Waals surface area contributed by atoms with E-state index < -0.39 is 0 Å². The maximum atomic E-state index is 6.22. The highest BCUT2D eigenvalue weighted by molar-refractivity contribution is 5.82. The minimum absolute atomic E-state index is 0.282. The summed E-state index contributed by atoms with van der Waals surface area (Å²) in [5.41, 5.74) is 10.4. The van der Waals surface area contributed by atoms with E-state index in [0.717, 1.165) is 23.4 Å². The van der Waals surface area contributed by atoms with Gasteiger partial charge in [0.2, 0.25) is 5.95 Å². The molecule has 0 aliphatic heterocycles. The lowest BCUT2D eigenvalue weighted by atomic mass is 10.0. The van der Waals surface area contributed by atoms with Crippen molar-refractivity contribution >= 4 is 22.8 Å². The first-order valence-electron chi connectivity index (χ1n) is 9.25. The molecule has 7 heteroatoms. The van der Waals surface area contributed by atoms with Gasteiger partial charge in [-0.25, -0.2) is 15.0 Å². The Morgan fingerprint density at radius 2 is 1.81 bits per heavy atom. The molecular weight excluding hydrogens is 338 g/mol. The molecule has 0 unspecified atom stereocenters. The maximum absolute atomic E-state index is 6.22. The molecule has 0 saturated heterocycles. The molecule has 27 heavy (non-hydrogen) atoms. The highest BCUT2D eigenvalue weighted by atomic mass is 15.2. The minimum atomic E-state index is 0.282. The van der Waals surface area contributed by atoms with E-state index in [2.05, 4.69) is 79.1 Å². The van der Waals surface area contributed by atoms with Gasteiger partial charge in [-0.1, -0.05) is 13.8 Å². The number of fused-ring (bicyclic) bond motifs is 1. The highest BCUT2D eigenvalue weighted by Gasteiger charge is 2.17. The van der Waals surface area contributed by atoms with Crippen molar-refractivity contribution in [1.29, 1.82) is 0 Å². The summed E-state index contributed by atoms with van der Waals surface area (Å²) in [6.45, 7) is 9.49. The number of rotatable bonds is 6. The van der Waals surface area contributed by atoms with Crippen LogP contribution in [0.25, 0.3) is 16.9 Å². The topological polar surface area (TPSA) is 84.9 Å². The average molecular weight is 368 g/mol. The second-order valence-electron chi connectivity index (χ2n) is 7.75. The van der Waals surface area contributed by atoms with Crippen molar-refractivity contribution in [2.24, 2.45) is 5.92 Å². The maximum Gasteiger partial charge on any atom is 0.207 e. The Balaban J connectivity index is 2.00. The first-order chi connectivity index (χ1) is 12.8. The molecule has 0 bridgehead atoms. The van der Waals surface area contributed by atoms with Crippen molar-refractivity contribution in [3.05, 3.63) is 35.7 Å². The summed E-state index contributed by atoms with van der Waals surface area (Å²) >= 11 is 0. The van der Waals surface area contributed by atoms with Crippen LogP contribution >= 0.6 is 0 Å². The molecule has 3 aromatic rings. The van der Waals surface area contributed by atoms with Crippen LogP contribution in [0.2, 0.25) is 0 Å². The van der Waals surface area contributed by atoms with Crippen LogP contribution in [0.3, 0.4) is 0 Å². The Bertz CT molecular complexity index is 943. The summed E-state index contributed by atoms with van der Waals surface area (Å²) in [7, 11) is 4.15. The number of hydrogen-bond donors (Lipinski definition) is 2. The number of hydrogen-bond acceptors (Lipinski definition) is 6. The van der Waals surface area contributed by atoms with Crippen LogP contribution in [0, 0.1) is 19.8 Å². The summed E-state index contributed by atoms with van der Waals surface area (Å²) in [5, 5.41) is 3.53. The zero-order valence-corrected chi connectivity index (χ0v) is 17.0. The average Bonchev–Trinajstić information content (AvgIpc) is 2.89. The molecule has 3 rings (SSSR count). The summed E-state index contributed by atoms with van der Waals surface area (Å²) in [6.07, 6.45) is 1.57. The number of nitrogens with zero attached hydrogens (tertiary/aromatic N) is 5. The Hall–Kier alpha value is -2.67. The number of likely N-dealkylation sites (N-methyl/N-ethyl adjacent to an activating group) is 1. The number of aromatic nitrogens is 4. The van der Waals surface area contributed by atoms with E-state index in [9.17, 15) is 0 Å². The highest BCUT2D eigenvalue weighted by Crippen LogP contribution is 2.25. The fraction of sp³-hybridized carbons (Fsp3) is 0.450. The molecule has 0 fully saturated rings. The fourth-order valence-electron chi connectivity index (χ4n) is 3.15. The van der Waals surface area contributed by atoms with Crippen LogP contribution in [0.4, 0.5) is 11.8 Å². The lowest BCUT2D eigenvalue weighted by Crippen LogP contribution is -2.36. The van der Waals surface area contributed by atoms with Crippen LogP contribution in [-0.4, -0.2) is 51.1 Å². The van der Waals surface area contributed by atoms with Crippen LogP contribution < -0.4 is 11.1 Å². The molecule has 144 valence electrons. The molecule has 0 aliphatic carbocycles. The third-order valence-corrected chi connectivity index (χ3v) is 4.88. The van der Waals surface area contributed by atoms with Crippen LogP contribution in [0.1, 0.15) is 25.0 Å². The molecule has 0 amide bonds. The summed E-state index contributed by atoms with van der Waals surface area (Å²) in [6, 6.07) is 6.37. The number of nitrogen functional groups attached to an aromatic ring is 1. The van der Waals surface area contributed by atoms with Crippen molar-refractivity contribution in [2.45, 2.75) is 33.7 Å². The largest absolute Gasteiger partial charge is 0.369 e. The summed E-state index contributed by atoms with van der Waals surface area (Å²) in [4.78, 5) is 15.5. The Labute approximate surface area is 160 Å². The van der Waals surface area contributed by atoms with E-state index in [0.29, 0.717) is 17.7 Å². The molecule has 2 heterocycles. The van der Waals surface area contributed by atoms with Gasteiger partial charge in [0.25, 0.3) is 0 Å². The number of aryl methyl sites for hydroxylation is 2. The van der Waals surface area contributed by atoms with E-state index in [1.54, 1.807) is 6.33 Å². The van der Waals surface area contributed by atoms with Gasteiger partial charge in [-0.05, 0) is 57.1 Å². The smallest absolute Gasteiger partial charge is 0.207 e. The van der Waals surface area contributed by atoms with Crippen molar-refractivity contribution in [3.8, 4) is 5.82 Å². The van der Waals surface area contributed by atoms with Crippen LogP contribution in [-0.2, 0) is 0 Å². The minimum Gasteiger partial charge on any atom is -0.369 e. The number of imidazole rings is 1. The van der Waals surface area contributed by atoms with Gasteiger partial charge in [0.05, 0.1) is 11.0 Å². The zero-order chi connectivity index (χ0) is 19.7. The number of nitrogens with two attached hydrogens (primary N) is 1. The van der Waals surface area contributed by atoms with Crippen LogP contribution in [0.15, 0.2) is 24.5 Å². The third kappa shape index (κ3) is 4.03. The summed E-state index contributed by atoms with van der Waals surface area (Å²) in [5.74, 6) is 2.39. The van der Waals surface area contributed by atoms with Gasteiger partial charge in [0.15, 0.2) is 0 Å². The predicted molar refractivity (Wildman–Crippen MR) is 111 cm³/mol. The van der Waals surface area contributed by atoms with Gasteiger partial charge in [-0.15, -0.1) is 0 Å². The van der Waals surface area contributed by atoms with E-state index in [1.165, 1.54) is 11.1 Å². The summed E-state index contributed by atoms with van der Waals surface area (Å²) < 4.78 is 1.88. The third-order valence-electron chi connectivity index (χ3n) is 4.88. The number of benzene rings is 1.